The summed E-state index contributed by atoms with van der Waals surface area (Å²) in [5, 5.41) is 0. The van der Waals surface area contributed by atoms with Crippen LogP contribution in [0.4, 0.5) is 0 Å². The van der Waals surface area contributed by atoms with Crippen molar-refractivity contribution >= 4 is 0 Å². The zero-order valence-corrected chi connectivity index (χ0v) is 6.58. The molecule has 0 amide bonds. The zero-order valence-electron chi connectivity index (χ0n) is 6.58. The smallest absolute Gasteiger partial charge is 0.250 e. The van der Waals surface area contributed by atoms with Crippen molar-refractivity contribution in [1.29, 1.82) is 0 Å². The van der Waals surface area contributed by atoms with Crippen LogP contribution in [0.5, 0.6) is 0 Å². The summed E-state index contributed by atoms with van der Waals surface area (Å²) in [5.74, 6) is 0. The van der Waals surface area contributed by atoms with Gasteiger partial charge in [0.15, 0.2) is 0 Å². The lowest BCUT2D eigenvalue weighted by molar-refractivity contribution is 0.775. The Balaban J connectivity index is 3.12. The molecule has 58 valence electrons. The van der Waals surface area contributed by atoms with Gasteiger partial charge in [-0.15, -0.1) is 6.58 Å². The van der Waals surface area contributed by atoms with E-state index in [4.69, 9.17) is 0 Å². The quantitative estimate of drug-likeness (QED) is 0.582. The van der Waals surface area contributed by atoms with Crippen molar-refractivity contribution in [3.05, 3.63) is 46.9 Å². The topological polar surface area (TPSA) is 22.0 Å². The first-order valence-corrected chi connectivity index (χ1v) is 3.52. The SMILES string of the molecule is C=CCn1cc(C)ccc1=O. The Morgan fingerprint density at radius 3 is 3.00 bits per heavy atom. The molecule has 11 heavy (non-hydrogen) atoms. The molecule has 2 heteroatoms. The molecule has 1 heterocycles. The van der Waals surface area contributed by atoms with Crippen LogP contribution in [0.15, 0.2) is 35.8 Å². The highest BCUT2D eigenvalue weighted by atomic mass is 16.1. The fraction of sp³-hybridized carbons (Fsp3) is 0.222. The van der Waals surface area contributed by atoms with Gasteiger partial charge >= 0.3 is 0 Å². The molecule has 1 rings (SSSR count). The molecule has 0 unspecified atom stereocenters. The molecule has 1 aromatic heterocycles. The highest BCUT2D eigenvalue weighted by Crippen LogP contribution is 1.91. The van der Waals surface area contributed by atoms with Crippen molar-refractivity contribution < 1.29 is 0 Å². The summed E-state index contributed by atoms with van der Waals surface area (Å²) in [4.78, 5) is 11.1. The van der Waals surface area contributed by atoms with E-state index in [1.165, 1.54) is 0 Å². The van der Waals surface area contributed by atoms with Gasteiger partial charge in [-0.05, 0) is 12.5 Å². The maximum Gasteiger partial charge on any atom is 0.250 e. The van der Waals surface area contributed by atoms with Crippen LogP contribution in [-0.2, 0) is 6.54 Å². The van der Waals surface area contributed by atoms with E-state index in [9.17, 15) is 4.79 Å². The van der Waals surface area contributed by atoms with E-state index < -0.39 is 0 Å². The van der Waals surface area contributed by atoms with Gasteiger partial charge in [-0.25, -0.2) is 0 Å². The largest absolute Gasteiger partial charge is 0.311 e. The van der Waals surface area contributed by atoms with Crippen molar-refractivity contribution in [1.82, 2.24) is 4.57 Å². The molecule has 0 aliphatic heterocycles. The second-order valence-corrected chi connectivity index (χ2v) is 2.49. The first-order valence-electron chi connectivity index (χ1n) is 3.52. The third-order valence-electron chi connectivity index (χ3n) is 1.46. The van der Waals surface area contributed by atoms with Gasteiger partial charge in [0, 0.05) is 18.8 Å². The number of pyridine rings is 1. The summed E-state index contributed by atoms with van der Waals surface area (Å²) >= 11 is 0. The number of rotatable bonds is 2. The highest BCUT2D eigenvalue weighted by Gasteiger charge is 1.91. The van der Waals surface area contributed by atoms with Gasteiger partial charge in [0.25, 0.3) is 5.56 Å². The molecule has 0 aromatic carbocycles. The highest BCUT2D eigenvalue weighted by molar-refractivity contribution is 5.07. The van der Waals surface area contributed by atoms with E-state index in [0.717, 1.165) is 5.56 Å². The van der Waals surface area contributed by atoms with Crippen LogP contribution in [0.3, 0.4) is 0 Å². The Kier molecular flexibility index (Phi) is 2.26. The van der Waals surface area contributed by atoms with Crippen LogP contribution in [0.25, 0.3) is 0 Å². The standard InChI is InChI=1S/C9H11NO/c1-3-6-10-7-8(2)4-5-9(10)11/h3-5,7H,1,6H2,2H3. The van der Waals surface area contributed by atoms with Crippen LogP contribution in [0, 0.1) is 6.92 Å². The summed E-state index contributed by atoms with van der Waals surface area (Å²) in [6.45, 7) is 6.11. The fourth-order valence-electron chi connectivity index (χ4n) is 0.933. The monoisotopic (exact) mass is 149 g/mol. The van der Waals surface area contributed by atoms with Gasteiger partial charge in [0.05, 0.1) is 0 Å². The third-order valence-corrected chi connectivity index (χ3v) is 1.46. The lowest BCUT2D eigenvalue weighted by Gasteiger charge is -2.00. The summed E-state index contributed by atoms with van der Waals surface area (Å²) in [6.07, 6.45) is 3.53. The van der Waals surface area contributed by atoms with Crippen LogP contribution < -0.4 is 5.56 Å². The maximum atomic E-state index is 11.1. The predicted molar refractivity (Wildman–Crippen MR) is 45.6 cm³/mol. The van der Waals surface area contributed by atoms with Gasteiger partial charge in [0.1, 0.15) is 0 Å². The average Bonchev–Trinajstić information content (AvgIpc) is 1.98. The summed E-state index contributed by atoms with van der Waals surface area (Å²) in [6, 6.07) is 3.38. The molecule has 0 aliphatic carbocycles. The number of allylic oxidation sites excluding steroid dienone is 1. The molecule has 0 saturated heterocycles. The number of nitrogens with zero attached hydrogens (tertiary/aromatic N) is 1. The molecule has 0 atom stereocenters. The minimum absolute atomic E-state index is 0.0236. The van der Waals surface area contributed by atoms with E-state index in [1.54, 1.807) is 16.7 Å². The zero-order chi connectivity index (χ0) is 8.27. The van der Waals surface area contributed by atoms with Crippen molar-refractivity contribution in [3.8, 4) is 0 Å². The Labute approximate surface area is 65.8 Å². The molecule has 0 spiro atoms. The maximum absolute atomic E-state index is 11.1. The van der Waals surface area contributed by atoms with E-state index in [1.807, 2.05) is 19.2 Å². The van der Waals surface area contributed by atoms with Gasteiger partial charge in [-0.1, -0.05) is 12.1 Å². The summed E-state index contributed by atoms with van der Waals surface area (Å²) < 4.78 is 1.63. The number of hydrogen-bond acceptors (Lipinski definition) is 1. The molecular weight excluding hydrogens is 138 g/mol. The van der Waals surface area contributed by atoms with Crippen LogP contribution in [-0.4, -0.2) is 4.57 Å². The number of aryl methyl sites for hydroxylation is 1. The van der Waals surface area contributed by atoms with Crippen molar-refractivity contribution in [2.75, 3.05) is 0 Å². The Morgan fingerprint density at radius 1 is 1.64 bits per heavy atom. The van der Waals surface area contributed by atoms with Crippen molar-refractivity contribution in [2.24, 2.45) is 0 Å². The van der Waals surface area contributed by atoms with E-state index >= 15 is 0 Å². The Hall–Kier alpha value is -1.31. The average molecular weight is 149 g/mol. The molecule has 0 bridgehead atoms. The van der Waals surface area contributed by atoms with E-state index in [-0.39, 0.29) is 5.56 Å². The summed E-state index contributed by atoms with van der Waals surface area (Å²) in [5.41, 5.74) is 1.11. The molecule has 0 N–H and O–H groups in total. The summed E-state index contributed by atoms with van der Waals surface area (Å²) in [7, 11) is 0. The molecule has 0 radical (unpaired) electrons. The fourth-order valence-corrected chi connectivity index (χ4v) is 0.933. The normalized spacial score (nSPS) is 9.55. The lowest BCUT2D eigenvalue weighted by Crippen LogP contribution is -2.17. The lowest BCUT2D eigenvalue weighted by atomic mass is 10.3. The molecule has 0 aliphatic rings. The molecule has 0 saturated carbocycles. The minimum atomic E-state index is 0.0236. The second kappa shape index (κ2) is 3.19. The van der Waals surface area contributed by atoms with Gasteiger partial charge in [-0.2, -0.15) is 0 Å². The molecule has 2 nitrogen and oxygen atoms in total. The number of hydrogen-bond donors (Lipinski definition) is 0. The first-order chi connectivity index (χ1) is 5.24. The van der Waals surface area contributed by atoms with Crippen molar-refractivity contribution in [2.45, 2.75) is 13.5 Å². The minimum Gasteiger partial charge on any atom is -0.311 e. The van der Waals surface area contributed by atoms with Gasteiger partial charge in [0.2, 0.25) is 0 Å². The predicted octanol–water partition coefficient (Wildman–Crippen LogP) is 1.34. The molecular formula is C9H11NO. The van der Waals surface area contributed by atoms with Crippen molar-refractivity contribution in [3.63, 3.8) is 0 Å². The second-order valence-electron chi connectivity index (χ2n) is 2.49. The van der Waals surface area contributed by atoms with E-state index in [0.29, 0.717) is 6.54 Å². The Bertz CT molecular complexity index is 312. The Morgan fingerprint density at radius 2 is 2.36 bits per heavy atom. The van der Waals surface area contributed by atoms with Gasteiger partial charge in [-0.3, -0.25) is 4.79 Å². The third kappa shape index (κ3) is 1.80. The van der Waals surface area contributed by atoms with Crippen LogP contribution >= 0.6 is 0 Å². The molecule has 0 fully saturated rings. The first kappa shape index (κ1) is 7.79. The molecule has 1 aromatic rings. The van der Waals surface area contributed by atoms with Gasteiger partial charge < -0.3 is 4.57 Å². The van der Waals surface area contributed by atoms with Crippen LogP contribution in [0.2, 0.25) is 0 Å². The number of aromatic nitrogens is 1. The van der Waals surface area contributed by atoms with Crippen LogP contribution in [0.1, 0.15) is 5.56 Å². The van der Waals surface area contributed by atoms with E-state index in [2.05, 4.69) is 6.58 Å².